The van der Waals surface area contributed by atoms with E-state index in [1.807, 2.05) is 84.9 Å². The molecule has 0 radical (unpaired) electrons. The number of amides is 2. The number of carbonyl (C=O) groups excluding carboxylic acids is 2. The van der Waals surface area contributed by atoms with Gasteiger partial charge in [-0.05, 0) is 47.6 Å². The van der Waals surface area contributed by atoms with Crippen LogP contribution in [0.4, 0.5) is 0 Å². The van der Waals surface area contributed by atoms with Crippen LogP contribution >= 0.6 is 0 Å². The molecule has 0 spiro atoms. The van der Waals surface area contributed by atoms with Gasteiger partial charge in [-0.2, -0.15) is 0 Å². The molecule has 0 heterocycles. The summed E-state index contributed by atoms with van der Waals surface area (Å²) in [6.45, 7) is 5.22. The van der Waals surface area contributed by atoms with Crippen molar-refractivity contribution in [3.8, 4) is 5.75 Å². The van der Waals surface area contributed by atoms with E-state index in [2.05, 4.69) is 19.2 Å². The molecular weight excluding hydrogens is 448 g/mol. The summed E-state index contributed by atoms with van der Waals surface area (Å²) in [5, 5.41) is 3.09. The lowest BCUT2D eigenvalue weighted by Crippen LogP contribution is -2.50. The number of nitrogens with zero attached hydrogens (tertiary/aromatic N) is 1. The molecule has 3 aromatic carbocycles. The summed E-state index contributed by atoms with van der Waals surface area (Å²) in [7, 11) is 1.63. The van der Waals surface area contributed by atoms with E-state index in [-0.39, 0.29) is 11.8 Å². The number of ether oxygens (including phenoxy) is 1. The van der Waals surface area contributed by atoms with Gasteiger partial charge in [0.25, 0.3) is 0 Å². The second-order valence-electron chi connectivity index (χ2n) is 9.53. The first-order valence-electron chi connectivity index (χ1n) is 12.7. The molecule has 0 aromatic heterocycles. The van der Waals surface area contributed by atoms with Gasteiger partial charge >= 0.3 is 0 Å². The summed E-state index contributed by atoms with van der Waals surface area (Å²) in [6.07, 6.45) is 2.32. The fraction of sp³-hybridized carbons (Fsp3) is 0.355. The molecule has 36 heavy (non-hydrogen) atoms. The maximum Gasteiger partial charge on any atom is 0.243 e. The SMILES string of the molecule is COc1ccc(CN(C(=O)CCc2ccccc2)C(Cc2ccccc2)C(=O)NCCC(C)C)cc1. The highest BCUT2D eigenvalue weighted by atomic mass is 16.5. The standard InChI is InChI=1S/C31H38N2O3/c1-24(2)20-21-32-31(35)29(22-26-12-8-5-9-13-26)33(23-27-14-17-28(36-3)18-15-27)30(34)19-16-25-10-6-4-7-11-25/h4-15,17-18,24,29H,16,19-23H2,1-3H3,(H,32,35). The predicted octanol–water partition coefficient (Wildman–Crippen LogP) is 5.43. The Bertz CT molecular complexity index is 1070. The van der Waals surface area contributed by atoms with Gasteiger partial charge in [0.1, 0.15) is 11.8 Å². The molecule has 0 saturated heterocycles. The zero-order valence-corrected chi connectivity index (χ0v) is 21.7. The molecule has 0 fully saturated rings. The van der Waals surface area contributed by atoms with Crippen molar-refractivity contribution in [2.75, 3.05) is 13.7 Å². The molecule has 0 aliphatic carbocycles. The summed E-state index contributed by atoms with van der Waals surface area (Å²) in [6, 6.07) is 27.0. The predicted molar refractivity (Wildman–Crippen MR) is 145 cm³/mol. The maximum atomic E-state index is 13.7. The Kier molecular flexibility index (Phi) is 10.6. The van der Waals surface area contributed by atoms with Gasteiger partial charge < -0.3 is 15.0 Å². The summed E-state index contributed by atoms with van der Waals surface area (Å²) in [5.41, 5.74) is 3.09. The quantitative estimate of drug-likeness (QED) is 0.350. The average Bonchev–Trinajstić information content (AvgIpc) is 2.90. The summed E-state index contributed by atoms with van der Waals surface area (Å²) >= 11 is 0. The normalized spacial score (nSPS) is 11.7. The van der Waals surface area contributed by atoms with Gasteiger partial charge in [0.05, 0.1) is 7.11 Å². The Morgan fingerprint density at radius 3 is 2.03 bits per heavy atom. The van der Waals surface area contributed by atoms with Crippen LogP contribution in [0, 0.1) is 5.92 Å². The first-order valence-corrected chi connectivity index (χ1v) is 12.7. The minimum atomic E-state index is -0.607. The molecule has 2 amide bonds. The van der Waals surface area contributed by atoms with Gasteiger partial charge in [-0.3, -0.25) is 9.59 Å². The van der Waals surface area contributed by atoms with Gasteiger partial charge in [0.15, 0.2) is 0 Å². The minimum Gasteiger partial charge on any atom is -0.497 e. The number of aryl methyl sites for hydroxylation is 1. The highest BCUT2D eigenvalue weighted by molar-refractivity contribution is 5.88. The highest BCUT2D eigenvalue weighted by Crippen LogP contribution is 2.19. The molecule has 5 nitrogen and oxygen atoms in total. The largest absolute Gasteiger partial charge is 0.497 e. The van der Waals surface area contributed by atoms with E-state index in [9.17, 15) is 9.59 Å². The van der Waals surface area contributed by atoms with E-state index in [0.717, 1.165) is 28.9 Å². The Labute approximate surface area is 215 Å². The molecule has 190 valence electrons. The van der Waals surface area contributed by atoms with E-state index in [4.69, 9.17) is 4.74 Å². The monoisotopic (exact) mass is 486 g/mol. The first kappa shape index (κ1) is 27.0. The van der Waals surface area contributed by atoms with Crippen LogP contribution in [0.2, 0.25) is 0 Å². The van der Waals surface area contributed by atoms with Crippen molar-refractivity contribution in [1.29, 1.82) is 0 Å². The molecule has 3 rings (SSSR count). The van der Waals surface area contributed by atoms with E-state index >= 15 is 0 Å². The number of hydrogen-bond acceptors (Lipinski definition) is 3. The molecule has 0 aliphatic heterocycles. The van der Waals surface area contributed by atoms with Crippen LogP contribution in [-0.4, -0.2) is 36.4 Å². The van der Waals surface area contributed by atoms with Crippen LogP contribution in [-0.2, 0) is 29.0 Å². The van der Waals surface area contributed by atoms with Crippen LogP contribution in [0.5, 0.6) is 5.75 Å². The molecule has 3 aromatic rings. The molecular formula is C31H38N2O3. The minimum absolute atomic E-state index is 0.0328. The maximum absolute atomic E-state index is 13.7. The van der Waals surface area contributed by atoms with Crippen molar-refractivity contribution in [2.45, 2.75) is 52.1 Å². The van der Waals surface area contributed by atoms with Crippen LogP contribution in [0.1, 0.15) is 43.4 Å². The molecule has 1 unspecified atom stereocenters. The highest BCUT2D eigenvalue weighted by Gasteiger charge is 2.30. The van der Waals surface area contributed by atoms with E-state index in [0.29, 0.717) is 38.3 Å². The average molecular weight is 487 g/mol. The van der Waals surface area contributed by atoms with E-state index < -0.39 is 6.04 Å². The second-order valence-corrected chi connectivity index (χ2v) is 9.53. The number of nitrogens with one attached hydrogen (secondary N) is 1. The lowest BCUT2D eigenvalue weighted by molar-refractivity contribution is -0.141. The lowest BCUT2D eigenvalue weighted by atomic mass is 10.0. The van der Waals surface area contributed by atoms with Gasteiger partial charge in [-0.15, -0.1) is 0 Å². The smallest absolute Gasteiger partial charge is 0.243 e. The van der Waals surface area contributed by atoms with Crippen molar-refractivity contribution in [2.24, 2.45) is 5.92 Å². The number of methoxy groups -OCH3 is 1. The van der Waals surface area contributed by atoms with Crippen molar-refractivity contribution in [3.05, 3.63) is 102 Å². The van der Waals surface area contributed by atoms with E-state index in [1.165, 1.54) is 0 Å². The number of carbonyl (C=O) groups is 2. The van der Waals surface area contributed by atoms with Crippen LogP contribution in [0.3, 0.4) is 0 Å². The van der Waals surface area contributed by atoms with Crippen molar-refractivity contribution < 1.29 is 14.3 Å². The third-order valence-corrected chi connectivity index (χ3v) is 6.27. The summed E-state index contributed by atoms with van der Waals surface area (Å²) < 4.78 is 5.29. The molecule has 0 saturated carbocycles. The zero-order chi connectivity index (χ0) is 25.8. The molecule has 1 N–H and O–H groups in total. The Morgan fingerprint density at radius 2 is 1.44 bits per heavy atom. The van der Waals surface area contributed by atoms with Gasteiger partial charge in [0.2, 0.25) is 11.8 Å². The molecule has 1 atom stereocenters. The van der Waals surface area contributed by atoms with Crippen LogP contribution in [0.25, 0.3) is 0 Å². The lowest BCUT2D eigenvalue weighted by Gasteiger charge is -2.32. The van der Waals surface area contributed by atoms with Gasteiger partial charge in [-0.1, -0.05) is 86.6 Å². The number of rotatable bonds is 13. The fourth-order valence-corrected chi connectivity index (χ4v) is 4.12. The Balaban J connectivity index is 1.87. The fourth-order valence-electron chi connectivity index (χ4n) is 4.12. The number of hydrogen-bond donors (Lipinski definition) is 1. The summed E-state index contributed by atoms with van der Waals surface area (Å²) in [4.78, 5) is 29.0. The molecule has 0 aliphatic rings. The zero-order valence-electron chi connectivity index (χ0n) is 21.7. The second kappa shape index (κ2) is 14.1. The third-order valence-electron chi connectivity index (χ3n) is 6.27. The summed E-state index contributed by atoms with van der Waals surface area (Å²) in [5.74, 6) is 1.10. The van der Waals surface area contributed by atoms with Crippen molar-refractivity contribution in [1.82, 2.24) is 10.2 Å². The van der Waals surface area contributed by atoms with E-state index in [1.54, 1.807) is 12.0 Å². The van der Waals surface area contributed by atoms with Crippen molar-refractivity contribution in [3.63, 3.8) is 0 Å². The third kappa shape index (κ3) is 8.56. The van der Waals surface area contributed by atoms with Gasteiger partial charge in [-0.25, -0.2) is 0 Å². The van der Waals surface area contributed by atoms with Crippen molar-refractivity contribution >= 4 is 11.8 Å². The van der Waals surface area contributed by atoms with Crippen LogP contribution in [0.15, 0.2) is 84.9 Å². The number of benzene rings is 3. The van der Waals surface area contributed by atoms with Crippen LogP contribution < -0.4 is 10.1 Å². The Hall–Kier alpha value is -3.60. The topological polar surface area (TPSA) is 58.6 Å². The molecule has 0 bridgehead atoms. The Morgan fingerprint density at radius 1 is 0.833 bits per heavy atom. The molecule has 5 heteroatoms. The first-order chi connectivity index (χ1) is 17.5. The van der Waals surface area contributed by atoms with Gasteiger partial charge in [0, 0.05) is 25.9 Å².